The lowest BCUT2D eigenvalue weighted by Crippen LogP contribution is -2.70. The molecule has 5 fully saturated rings. The molecule has 5 rings (SSSR count). The first-order chi connectivity index (χ1) is 11.6. The van der Waals surface area contributed by atoms with Crippen LogP contribution >= 0.6 is 0 Å². The van der Waals surface area contributed by atoms with Crippen LogP contribution in [0.25, 0.3) is 0 Å². The van der Waals surface area contributed by atoms with Crippen LogP contribution in [0.5, 0.6) is 0 Å². The summed E-state index contributed by atoms with van der Waals surface area (Å²) >= 11 is 0. The van der Waals surface area contributed by atoms with Crippen molar-refractivity contribution in [3.63, 3.8) is 0 Å². The zero-order chi connectivity index (χ0) is 18.0. The SMILES string of the molecule is C[C@H]1[C@@H](OCC(F)(F)F)O[C@@H]2O[C@@]3(C)CC[C@H]4[C@H](C)CC[C@@H]1[C@@]24OO3. The Morgan fingerprint density at radius 1 is 1.08 bits per heavy atom. The largest absolute Gasteiger partial charge is 0.411 e. The van der Waals surface area contributed by atoms with Crippen LogP contribution in [0.2, 0.25) is 0 Å². The highest BCUT2D eigenvalue weighted by Crippen LogP contribution is 2.60. The van der Waals surface area contributed by atoms with E-state index >= 15 is 0 Å². The molecule has 8 atom stereocenters. The first kappa shape index (κ1) is 18.0. The summed E-state index contributed by atoms with van der Waals surface area (Å²) in [6, 6.07) is 0. The van der Waals surface area contributed by atoms with E-state index in [0.29, 0.717) is 12.3 Å². The van der Waals surface area contributed by atoms with Crippen molar-refractivity contribution in [1.82, 2.24) is 0 Å². The van der Waals surface area contributed by atoms with Crippen molar-refractivity contribution in [2.24, 2.45) is 23.7 Å². The molecule has 1 saturated carbocycles. The van der Waals surface area contributed by atoms with Gasteiger partial charge in [-0.05, 0) is 38.0 Å². The van der Waals surface area contributed by atoms with Crippen LogP contribution in [0.15, 0.2) is 0 Å². The second-order valence-electron chi connectivity index (χ2n) is 8.20. The molecule has 1 aliphatic carbocycles. The normalized spacial score (nSPS) is 52.6. The molecule has 0 radical (unpaired) electrons. The molecule has 8 heteroatoms. The van der Waals surface area contributed by atoms with Gasteiger partial charge in [0, 0.05) is 18.3 Å². The fourth-order valence-corrected chi connectivity index (χ4v) is 5.24. The highest BCUT2D eigenvalue weighted by atomic mass is 19.4. The highest BCUT2D eigenvalue weighted by molar-refractivity contribution is 5.09. The molecule has 5 aliphatic rings. The molecule has 0 N–H and O–H groups in total. The lowest BCUT2D eigenvalue weighted by Gasteiger charge is -2.60. The van der Waals surface area contributed by atoms with E-state index in [-0.39, 0.29) is 17.8 Å². The molecule has 0 aromatic carbocycles. The molecule has 4 heterocycles. The van der Waals surface area contributed by atoms with Crippen LogP contribution in [0.4, 0.5) is 13.2 Å². The van der Waals surface area contributed by atoms with Crippen LogP contribution in [0.3, 0.4) is 0 Å². The van der Waals surface area contributed by atoms with Gasteiger partial charge in [0.1, 0.15) is 6.61 Å². The van der Waals surface area contributed by atoms with Gasteiger partial charge in [0.25, 0.3) is 0 Å². The minimum Gasteiger partial charge on any atom is -0.343 e. The van der Waals surface area contributed by atoms with Gasteiger partial charge in [0.05, 0.1) is 0 Å². The zero-order valence-electron chi connectivity index (χ0n) is 14.7. The molecule has 5 nitrogen and oxygen atoms in total. The minimum atomic E-state index is -4.39. The number of alkyl halides is 3. The Morgan fingerprint density at radius 2 is 1.84 bits per heavy atom. The van der Waals surface area contributed by atoms with Crippen LogP contribution in [-0.4, -0.2) is 36.8 Å². The summed E-state index contributed by atoms with van der Waals surface area (Å²) < 4.78 is 54.8. The van der Waals surface area contributed by atoms with E-state index in [1.807, 2.05) is 6.92 Å². The van der Waals surface area contributed by atoms with Gasteiger partial charge in [0.15, 0.2) is 18.2 Å². The van der Waals surface area contributed by atoms with Crippen LogP contribution in [0.1, 0.15) is 46.5 Å². The first-order valence-electron chi connectivity index (χ1n) is 9.03. The summed E-state index contributed by atoms with van der Waals surface area (Å²) in [4.78, 5) is 11.6. The molecule has 25 heavy (non-hydrogen) atoms. The van der Waals surface area contributed by atoms with E-state index < -0.39 is 36.8 Å². The van der Waals surface area contributed by atoms with Crippen molar-refractivity contribution in [3.05, 3.63) is 0 Å². The number of fused-ring (bicyclic) bond motifs is 2. The Balaban J connectivity index is 1.65. The van der Waals surface area contributed by atoms with Crippen LogP contribution in [-0.2, 0) is 24.0 Å². The van der Waals surface area contributed by atoms with Crippen LogP contribution < -0.4 is 0 Å². The highest BCUT2D eigenvalue weighted by Gasteiger charge is 2.69. The van der Waals surface area contributed by atoms with Crippen molar-refractivity contribution >= 4 is 0 Å². The molecule has 4 aliphatic heterocycles. The molecule has 0 unspecified atom stereocenters. The van der Waals surface area contributed by atoms with Crippen LogP contribution in [0, 0.1) is 23.7 Å². The van der Waals surface area contributed by atoms with Crippen molar-refractivity contribution in [1.29, 1.82) is 0 Å². The van der Waals surface area contributed by atoms with Gasteiger partial charge < -0.3 is 14.2 Å². The zero-order valence-corrected chi connectivity index (χ0v) is 14.7. The molecular formula is C17H25F3O5. The van der Waals surface area contributed by atoms with Gasteiger partial charge in [-0.3, -0.25) is 0 Å². The Labute approximate surface area is 145 Å². The fraction of sp³-hybridized carbons (Fsp3) is 1.00. The Morgan fingerprint density at radius 3 is 2.56 bits per heavy atom. The van der Waals surface area contributed by atoms with E-state index in [1.54, 1.807) is 6.92 Å². The first-order valence-corrected chi connectivity index (χ1v) is 9.03. The number of rotatable bonds is 2. The van der Waals surface area contributed by atoms with Gasteiger partial charge in [0.2, 0.25) is 5.79 Å². The minimum absolute atomic E-state index is 0.0340. The van der Waals surface area contributed by atoms with Crippen molar-refractivity contribution in [2.75, 3.05) is 6.61 Å². The quantitative estimate of drug-likeness (QED) is 0.696. The van der Waals surface area contributed by atoms with E-state index in [4.69, 9.17) is 24.0 Å². The molecule has 0 aromatic rings. The smallest absolute Gasteiger partial charge is 0.343 e. The van der Waals surface area contributed by atoms with Gasteiger partial charge in [-0.15, -0.1) is 0 Å². The Kier molecular flexibility index (Phi) is 4.16. The monoisotopic (exact) mass is 366 g/mol. The Bertz CT molecular complexity index is 529. The van der Waals surface area contributed by atoms with E-state index in [0.717, 1.165) is 19.3 Å². The summed E-state index contributed by atoms with van der Waals surface area (Å²) in [6.07, 6.45) is -2.76. The van der Waals surface area contributed by atoms with E-state index in [2.05, 4.69) is 6.92 Å². The average molecular weight is 366 g/mol. The molecule has 144 valence electrons. The van der Waals surface area contributed by atoms with Crippen molar-refractivity contribution < 1.29 is 37.2 Å². The predicted octanol–water partition coefficient (Wildman–Crippen LogP) is 3.77. The fourth-order valence-electron chi connectivity index (χ4n) is 5.24. The predicted molar refractivity (Wildman–Crippen MR) is 78.8 cm³/mol. The molecule has 4 saturated heterocycles. The maximum absolute atomic E-state index is 12.6. The van der Waals surface area contributed by atoms with Crippen molar-refractivity contribution in [3.8, 4) is 0 Å². The standard InChI is InChI=1S/C17H25F3O5/c1-9-4-5-12-10(2)13(21-8-16(18,19)20)22-14-17(12)11(9)6-7-15(3,23-14)24-25-17/h9-14H,4-8H2,1-3H3/t9-,10-,11+,12+,13+,14-,15-,17-/m1/s1. The maximum Gasteiger partial charge on any atom is 0.411 e. The van der Waals surface area contributed by atoms with Gasteiger partial charge in [-0.1, -0.05) is 13.8 Å². The number of ether oxygens (including phenoxy) is 3. The van der Waals surface area contributed by atoms with Crippen molar-refractivity contribution in [2.45, 2.75) is 76.6 Å². The third kappa shape index (κ3) is 2.81. The van der Waals surface area contributed by atoms with E-state index in [1.165, 1.54) is 0 Å². The number of hydrogen-bond acceptors (Lipinski definition) is 5. The molecule has 0 amide bonds. The number of hydrogen-bond donors (Lipinski definition) is 0. The lowest BCUT2D eigenvalue weighted by atomic mass is 9.58. The third-order valence-corrected chi connectivity index (χ3v) is 6.51. The molecule has 2 bridgehead atoms. The van der Waals surface area contributed by atoms with E-state index in [9.17, 15) is 13.2 Å². The summed E-state index contributed by atoms with van der Waals surface area (Å²) in [7, 11) is 0. The lowest BCUT2D eigenvalue weighted by molar-refractivity contribution is -0.578. The average Bonchev–Trinajstić information content (AvgIpc) is 2.75. The molecular weight excluding hydrogens is 341 g/mol. The number of halogens is 3. The second kappa shape index (κ2) is 5.79. The summed E-state index contributed by atoms with van der Waals surface area (Å²) in [6.45, 7) is 4.51. The van der Waals surface area contributed by atoms with Gasteiger partial charge in [-0.2, -0.15) is 13.2 Å². The molecule has 0 aromatic heterocycles. The second-order valence-corrected chi connectivity index (χ2v) is 8.20. The van der Waals surface area contributed by atoms with Gasteiger partial charge >= 0.3 is 6.18 Å². The summed E-state index contributed by atoms with van der Waals surface area (Å²) in [5.74, 6) is -0.620. The maximum atomic E-state index is 12.6. The summed E-state index contributed by atoms with van der Waals surface area (Å²) in [5.41, 5.74) is -0.773. The third-order valence-electron chi connectivity index (χ3n) is 6.51. The topological polar surface area (TPSA) is 46.2 Å². The Hall–Kier alpha value is -0.410. The molecule has 1 spiro atoms. The van der Waals surface area contributed by atoms with Gasteiger partial charge in [-0.25, -0.2) is 9.78 Å². The summed E-state index contributed by atoms with van der Waals surface area (Å²) in [5, 5.41) is 0.